The summed E-state index contributed by atoms with van der Waals surface area (Å²) >= 11 is 7.39. The first-order valence-corrected chi connectivity index (χ1v) is 14.4. The molecule has 4 rings (SSSR count). The molecule has 10 nitrogen and oxygen atoms in total. The van der Waals surface area contributed by atoms with E-state index in [1.54, 1.807) is 12.1 Å². The number of carbonyl (C=O) groups excluding carboxylic acids is 2. The van der Waals surface area contributed by atoms with Gasteiger partial charge in [0.15, 0.2) is 11.5 Å². The number of nitro benzene ring substituents is 1. The average molecular weight is 684 g/mol. The molecule has 3 aromatic carbocycles. The highest BCUT2D eigenvalue weighted by atomic mass is 79.9. The number of hydrogen-bond acceptors (Lipinski definition) is 9. The number of nitrogens with zero attached hydrogens (tertiary/aromatic N) is 2. The van der Waals surface area contributed by atoms with Crippen molar-refractivity contribution in [3.63, 3.8) is 0 Å². The van der Waals surface area contributed by atoms with E-state index >= 15 is 0 Å². The van der Waals surface area contributed by atoms with Gasteiger partial charge in [-0.25, -0.2) is 0 Å². The molecule has 1 aliphatic rings. The lowest BCUT2D eigenvalue weighted by atomic mass is 10.1. The van der Waals surface area contributed by atoms with E-state index in [4.69, 9.17) is 8.92 Å². The number of nitro groups is 1. The number of benzene rings is 3. The Hall–Kier alpha value is -3.20. The summed E-state index contributed by atoms with van der Waals surface area (Å²) in [6.07, 6.45) is 1.48. The minimum absolute atomic E-state index is 0.00808. The first-order chi connectivity index (χ1) is 18.0. The van der Waals surface area contributed by atoms with Crippen LogP contribution in [0.4, 0.5) is 10.5 Å². The Morgan fingerprint density at radius 3 is 2.45 bits per heavy atom. The second-order valence-corrected chi connectivity index (χ2v) is 12.0. The number of ether oxygens (including phenoxy) is 1. The largest absolute Gasteiger partial charge is 0.493 e. The highest BCUT2D eigenvalue weighted by Gasteiger charge is 2.35. The zero-order chi connectivity index (χ0) is 27.6. The lowest BCUT2D eigenvalue weighted by molar-refractivity contribution is -0.385. The van der Waals surface area contributed by atoms with Gasteiger partial charge in [-0.2, -0.15) is 8.42 Å². The van der Waals surface area contributed by atoms with E-state index in [-0.39, 0.29) is 27.4 Å². The number of halogens is 2. The van der Waals surface area contributed by atoms with Crippen LogP contribution in [0.1, 0.15) is 11.1 Å². The first kappa shape index (κ1) is 27.8. The number of carbonyl (C=O) groups is 2. The molecule has 0 N–H and O–H groups in total. The fourth-order valence-electron chi connectivity index (χ4n) is 3.37. The quantitative estimate of drug-likeness (QED) is 0.119. The van der Waals surface area contributed by atoms with Gasteiger partial charge in [0, 0.05) is 16.6 Å². The van der Waals surface area contributed by atoms with Crippen molar-refractivity contribution in [1.82, 2.24) is 4.90 Å². The Labute approximate surface area is 238 Å². The lowest BCUT2D eigenvalue weighted by Gasteiger charge is -2.14. The first-order valence-electron chi connectivity index (χ1n) is 10.5. The molecule has 0 spiro atoms. The molecule has 1 saturated heterocycles. The molecule has 0 atom stereocenters. The van der Waals surface area contributed by atoms with Gasteiger partial charge >= 0.3 is 10.1 Å². The summed E-state index contributed by atoms with van der Waals surface area (Å²) < 4.78 is 37.2. The summed E-state index contributed by atoms with van der Waals surface area (Å²) in [4.78, 5) is 36.7. The van der Waals surface area contributed by atoms with Gasteiger partial charge < -0.3 is 8.92 Å². The molecule has 0 saturated carbocycles. The van der Waals surface area contributed by atoms with Crippen LogP contribution in [0.3, 0.4) is 0 Å². The molecule has 0 radical (unpaired) electrons. The van der Waals surface area contributed by atoms with Crippen molar-refractivity contribution in [1.29, 1.82) is 0 Å². The van der Waals surface area contributed by atoms with Crippen molar-refractivity contribution in [2.75, 3.05) is 7.11 Å². The lowest BCUT2D eigenvalue weighted by Crippen LogP contribution is -2.27. The maximum Gasteiger partial charge on any atom is 0.339 e. The van der Waals surface area contributed by atoms with Crippen LogP contribution >= 0.6 is 43.6 Å². The van der Waals surface area contributed by atoms with Crippen molar-refractivity contribution in [2.45, 2.75) is 11.4 Å². The van der Waals surface area contributed by atoms with E-state index in [9.17, 15) is 28.1 Å². The number of hydrogen-bond donors (Lipinski definition) is 0. The number of thioether (sulfide) groups is 1. The third-order valence-electron chi connectivity index (χ3n) is 5.19. The molecule has 1 aliphatic heterocycles. The molecule has 0 aromatic heterocycles. The summed E-state index contributed by atoms with van der Waals surface area (Å²) in [7, 11) is -3.16. The molecule has 196 valence electrons. The van der Waals surface area contributed by atoms with Gasteiger partial charge in [-0.3, -0.25) is 24.6 Å². The summed E-state index contributed by atoms with van der Waals surface area (Å²) in [5.41, 5.74) is 0.806. The van der Waals surface area contributed by atoms with Crippen LogP contribution in [0.15, 0.2) is 79.4 Å². The molecule has 14 heteroatoms. The minimum atomic E-state index is -4.46. The van der Waals surface area contributed by atoms with Crippen LogP contribution < -0.4 is 8.92 Å². The molecule has 1 heterocycles. The Bertz CT molecular complexity index is 1590. The third kappa shape index (κ3) is 6.09. The Balaban J connectivity index is 1.60. The smallest absolute Gasteiger partial charge is 0.339 e. The van der Waals surface area contributed by atoms with Crippen LogP contribution in [0.25, 0.3) is 6.08 Å². The molecular formula is C24H16Br2N2O8S2. The maximum absolute atomic E-state index is 12.9. The number of imide groups is 1. The van der Waals surface area contributed by atoms with E-state index in [0.29, 0.717) is 5.56 Å². The Morgan fingerprint density at radius 2 is 1.79 bits per heavy atom. The number of methoxy groups -OCH3 is 1. The van der Waals surface area contributed by atoms with Crippen LogP contribution in [0, 0.1) is 10.1 Å². The minimum Gasteiger partial charge on any atom is -0.493 e. The number of amides is 2. The van der Waals surface area contributed by atoms with Crippen molar-refractivity contribution < 1.29 is 31.9 Å². The summed E-state index contributed by atoms with van der Waals surface area (Å²) in [6.45, 7) is 0.116. The van der Waals surface area contributed by atoms with Crippen molar-refractivity contribution in [3.8, 4) is 11.5 Å². The van der Waals surface area contributed by atoms with Gasteiger partial charge in [-0.15, -0.1) is 0 Å². The van der Waals surface area contributed by atoms with E-state index in [1.165, 1.54) is 37.5 Å². The monoisotopic (exact) mass is 682 g/mol. The van der Waals surface area contributed by atoms with Gasteiger partial charge in [0.1, 0.15) is 4.90 Å². The highest BCUT2D eigenvalue weighted by Crippen LogP contribution is 2.40. The Morgan fingerprint density at radius 1 is 1.08 bits per heavy atom. The molecule has 2 amide bonds. The number of non-ortho nitro benzene ring substituents is 1. The normalized spacial score (nSPS) is 14.7. The second kappa shape index (κ2) is 11.3. The topological polar surface area (TPSA) is 133 Å². The van der Waals surface area contributed by atoms with Gasteiger partial charge in [-0.05, 0) is 75.2 Å². The van der Waals surface area contributed by atoms with Gasteiger partial charge in [0.25, 0.3) is 16.8 Å². The second-order valence-electron chi connectivity index (χ2n) is 7.72. The zero-order valence-electron chi connectivity index (χ0n) is 19.3. The van der Waals surface area contributed by atoms with Gasteiger partial charge in [0.2, 0.25) is 0 Å². The average Bonchev–Trinajstić information content (AvgIpc) is 3.14. The van der Waals surface area contributed by atoms with E-state index in [0.717, 1.165) is 38.8 Å². The summed E-state index contributed by atoms with van der Waals surface area (Å²) in [5.74, 6) is -0.653. The van der Waals surface area contributed by atoms with E-state index in [2.05, 4.69) is 31.9 Å². The standard InChI is InChI=1S/C24H16Br2N2O8S2/c1-35-20-10-15(11-21-23(29)27(24(30)37-21)13-14-5-7-16(25)8-6-14)9-19(26)22(20)36-38(33,34)18-4-2-3-17(12-18)28(31)32/h2-12H,13H2,1H3/b21-11-. The van der Waals surface area contributed by atoms with E-state index in [1.807, 2.05) is 12.1 Å². The van der Waals surface area contributed by atoms with Crippen LogP contribution in [0.2, 0.25) is 0 Å². The fraction of sp³-hybridized carbons (Fsp3) is 0.0833. The molecule has 0 unspecified atom stereocenters. The molecule has 0 bridgehead atoms. The van der Waals surface area contributed by atoms with Crippen molar-refractivity contribution in [2.24, 2.45) is 0 Å². The van der Waals surface area contributed by atoms with E-state index < -0.39 is 36.8 Å². The van der Waals surface area contributed by atoms with Crippen LogP contribution in [-0.2, 0) is 21.5 Å². The highest BCUT2D eigenvalue weighted by molar-refractivity contribution is 9.10. The molecule has 3 aromatic rings. The fourth-order valence-corrected chi connectivity index (χ4v) is 6.12. The number of rotatable bonds is 8. The predicted octanol–water partition coefficient (Wildman–Crippen LogP) is 6.13. The van der Waals surface area contributed by atoms with Gasteiger partial charge in [-0.1, -0.05) is 34.1 Å². The molecule has 1 fully saturated rings. The molecular weight excluding hydrogens is 668 g/mol. The van der Waals surface area contributed by atoms with Crippen LogP contribution in [-0.4, -0.2) is 36.5 Å². The predicted molar refractivity (Wildman–Crippen MR) is 147 cm³/mol. The van der Waals surface area contributed by atoms with Crippen LogP contribution in [0.5, 0.6) is 11.5 Å². The van der Waals surface area contributed by atoms with Crippen molar-refractivity contribution in [3.05, 3.63) is 95.8 Å². The summed E-state index contributed by atoms with van der Waals surface area (Å²) in [5, 5.41) is 10.6. The molecule has 0 aliphatic carbocycles. The van der Waals surface area contributed by atoms with Gasteiger partial charge in [0.05, 0.1) is 28.0 Å². The zero-order valence-corrected chi connectivity index (χ0v) is 24.1. The summed E-state index contributed by atoms with van der Waals surface area (Å²) in [6, 6.07) is 14.6. The third-order valence-corrected chi connectivity index (χ3v) is 8.43. The SMILES string of the molecule is COc1cc(/C=C2\SC(=O)N(Cc3ccc(Br)cc3)C2=O)cc(Br)c1OS(=O)(=O)c1cccc([N+](=O)[O-])c1. The molecule has 38 heavy (non-hydrogen) atoms. The Kier molecular flexibility index (Phi) is 8.25. The van der Waals surface area contributed by atoms with Crippen molar-refractivity contribution >= 4 is 76.6 Å². The maximum atomic E-state index is 12.9.